The second-order valence-corrected chi connectivity index (χ2v) is 3.23. The van der Waals surface area contributed by atoms with Crippen LogP contribution in [-0.4, -0.2) is 16.2 Å². The first-order chi connectivity index (χ1) is 6.20. The van der Waals surface area contributed by atoms with E-state index in [1.165, 1.54) is 0 Å². The Morgan fingerprint density at radius 3 is 2.92 bits per heavy atom. The first-order valence-corrected chi connectivity index (χ1v) is 4.23. The van der Waals surface area contributed by atoms with E-state index in [1.807, 2.05) is 0 Å². The van der Waals surface area contributed by atoms with Crippen LogP contribution in [0.3, 0.4) is 0 Å². The van der Waals surface area contributed by atoms with Crippen molar-refractivity contribution in [2.24, 2.45) is 0 Å². The van der Waals surface area contributed by atoms with Gasteiger partial charge in [-0.3, -0.25) is 0 Å². The van der Waals surface area contributed by atoms with Crippen LogP contribution >= 0.6 is 0 Å². The van der Waals surface area contributed by atoms with Gasteiger partial charge in [0.25, 0.3) is 0 Å². The largest absolute Gasteiger partial charge is 0.478 e. The number of aromatic carboxylic acids is 1. The molecule has 0 bridgehead atoms. The number of fused-ring (bicyclic) bond motifs is 1. The van der Waals surface area contributed by atoms with Crippen LogP contribution < -0.4 is 0 Å². The number of benzene rings is 1. The molecule has 3 heteroatoms. The average Bonchev–Trinajstić information content (AvgIpc) is 2.48. The van der Waals surface area contributed by atoms with Crippen molar-refractivity contribution in [3.63, 3.8) is 0 Å². The van der Waals surface area contributed by atoms with E-state index in [2.05, 4.69) is 0 Å². The van der Waals surface area contributed by atoms with Crippen molar-refractivity contribution in [3.05, 3.63) is 34.9 Å². The fourth-order valence-electron chi connectivity index (χ4n) is 1.83. The van der Waals surface area contributed by atoms with Gasteiger partial charge in [-0.25, -0.2) is 4.79 Å². The molecule has 1 atom stereocenters. The molecule has 0 aromatic heterocycles. The van der Waals surface area contributed by atoms with Crippen LogP contribution in [0, 0.1) is 0 Å². The number of carboxylic acids is 1. The molecule has 68 valence electrons. The summed E-state index contributed by atoms with van der Waals surface area (Å²) in [6.45, 7) is 0. The molecule has 0 fully saturated rings. The van der Waals surface area contributed by atoms with Crippen molar-refractivity contribution in [1.29, 1.82) is 0 Å². The Kier molecular flexibility index (Phi) is 1.81. The lowest BCUT2D eigenvalue weighted by Gasteiger charge is -2.04. The number of carboxylic acid groups (broad SMARTS) is 1. The van der Waals surface area contributed by atoms with Gasteiger partial charge in [-0.1, -0.05) is 12.1 Å². The van der Waals surface area contributed by atoms with Crippen LogP contribution in [0.1, 0.15) is 34.0 Å². The van der Waals surface area contributed by atoms with E-state index in [-0.39, 0.29) is 0 Å². The highest BCUT2D eigenvalue weighted by Crippen LogP contribution is 2.32. The topological polar surface area (TPSA) is 57.5 Å². The normalized spacial score (nSPS) is 19.9. The van der Waals surface area contributed by atoms with Gasteiger partial charge in [0.15, 0.2) is 0 Å². The molecule has 0 aliphatic heterocycles. The summed E-state index contributed by atoms with van der Waals surface area (Å²) in [5.74, 6) is -0.911. The molecule has 1 aliphatic carbocycles. The average molecular weight is 178 g/mol. The second kappa shape index (κ2) is 2.85. The minimum Gasteiger partial charge on any atom is -0.478 e. The van der Waals surface area contributed by atoms with Gasteiger partial charge in [0, 0.05) is 0 Å². The molecule has 13 heavy (non-hydrogen) atoms. The van der Waals surface area contributed by atoms with Crippen LogP contribution in [0.25, 0.3) is 0 Å². The van der Waals surface area contributed by atoms with E-state index in [1.54, 1.807) is 18.2 Å². The molecular weight excluding hydrogens is 168 g/mol. The van der Waals surface area contributed by atoms with E-state index in [9.17, 15) is 9.90 Å². The highest BCUT2D eigenvalue weighted by atomic mass is 16.4. The molecule has 1 unspecified atom stereocenters. The molecule has 1 aliphatic rings. The lowest BCUT2D eigenvalue weighted by Crippen LogP contribution is -2.01. The number of hydrogen-bond acceptors (Lipinski definition) is 2. The lowest BCUT2D eigenvalue weighted by atomic mass is 10.0. The predicted molar refractivity (Wildman–Crippen MR) is 46.7 cm³/mol. The molecule has 0 saturated heterocycles. The summed E-state index contributed by atoms with van der Waals surface area (Å²) in [7, 11) is 0. The van der Waals surface area contributed by atoms with Crippen LogP contribution in [-0.2, 0) is 6.42 Å². The monoisotopic (exact) mass is 178 g/mol. The summed E-state index contributed by atoms with van der Waals surface area (Å²) in [5.41, 5.74) is 1.90. The van der Waals surface area contributed by atoms with Crippen molar-refractivity contribution in [2.45, 2.75) is 18.9 Å². The van der Waals surface area contributed by atoms with Gasteiger partial charge >= 0.3 is 5.97 Å². The molecule has 2 N–H and O–H groups in total. The molecule has 0 spiro atoms. The summed E-state index contributed by atoms with van der Waals surface area (Å²) in [6.07, 6.45) is 0.827. The smallest absolute Gasteiger partial charge is 0.335 e. The van der Waals surface area contributed by atoms with Gasteiger partial charge in [-0.05, 0) is 30.0 Å². The van der Waals surface area contributed by atoms with Crippen molar-refractivity contribution in [1.82, 2.24) is 0 Å². The number of carbonyl (C=O) groups is 1. The molecule has 0 saturated carbocycles. The first kappa shape index (κ1) is 8.26. The quantitative estimate of drug-likeness (QED) is 0.682. The van der Waals surface area contributed by atoms with Crippen LogP contribution in [0.5, 0.6) is 0 Å². The van der Waals surface area contributed by atoms with Gasteiger partial charge in [-0.2, -0.15) is 0 Å². The Morgan fingerprint density at radius 2 is 2.23 bits per heavy atom. The minimum atomic E-state index is -0.911. The molecule has 0 amide bonds. The SMILES string of the molecule is O=C(O)c1cccc2c1CCC2O. The third kappa shape index (κ3) is 1.21. The number of aliphatic hydroxyl groups is 1. The summed E-state index contributed by atoms with van der Waals surface area (Å²) in [4.78, 5) is 10.8. The zero-order valence-corrected chi connectivity index (χ0v) is 7.03. The van der Waals surface area contributed by atoms with Gasteiger partial charge in [-0.15, -0.1) is 0 Å². The molecule has 3 nitrogen and oxygen atoms in total. The summed E-state index contributed by atoms with van der Waals surface area (Å²) >= 11 is 0. The summed E-state index contributed by atoms with van der Waals surface area (Å²) in [6, 6.07) is 5.05. The Bertz CT molecular complexity index is 357. The molecule has 0 heterocycles. The van der Waals surface area contributed by atoms with E-state index in [0.29, 0.717) is 18.4 Å². The highest BCUT2D eigenvalue weighted by Gasteiger charge is 2.24. The van der Waals surface area contributed by atoms with Crippen molar-refractivity contribution >= 4 is 5.97 Å². The zero-order valence-electron chi connectivity index (χ0n) is 7.03. The molecule has 2 rings (SSSR count). The van der Waals surface area contributed by atoms with Crippen molar-refractivity contribution in [3.8, 4) is 0 Å². The van der Waals surface area contributed by atoms with Crippen LogP contribution in [0.15, 0.2) is 18.2 Å². The highest BCUT2D eigenvalue weighted by molar-refractivity contribution is 5.90. The number of hydrogen-bond donors (Lipinski definition) is 2. The molecule has 1 aromatic carbocycles. The second-order valence-electron chi connectivity index (χ2n) is 3.23. The third-order valence-electron chi connectivity index (χ3n) is 2.47. The van der Waals surface area contributed by atoms with E-state index < -0.39 is 12.1 Å². The number of aliphatic hydroxyl groups excluding tert-OH is 1. The van der Waals surface area contributed by atoms with E-state index >= 15 is 0 Å². The Labute approximate surface area is 75.6 Å². The standard InChI is InChI=1S/C10H10O3/c11-9-5-4-6-7(9)2-1-3-8(6)10(12)13/h1-3,9,11H,4-5H2,(H,12,13). The fraction of sp³-hybridized carbons (Fsp3) is 0.300. The van der Waals surface area contributed by atoms with Gasteiger partial charge < -0.3 is 10.2 Å². The van der Waals surface area contributed by atoms with E-state index in [4.69, 9.17) is 5.11 Å². The van der Waals surface area contributed by atoms with Gasteiger partial charge in [0.2, 0.25) is 0 Å². The lowest BCUT2D eigenvalue weighted by molar-refractivity contribution is 0.0696. The maximum absolute atomic E-state index is 10.8. The fourth-order valence-corrected chi connectivity index (χ4v) is 1.83. The Hall–Kier alpha value is -1.35. The van der Waals surface area contributed by atoms with Crippen LogP contribution in [0.2, 0.25) is 0 Å². The van der Waals surface area contributed by atoms with Crippen molar-refractivity contribution < 1.29 is 15.0 Å². The molecular formula is C10H10O3. The maximum atomic E-state index is 10.8. The molecule has 0 radical (unpaired) electrons. The van der Waals surface area contributed by atoms with Crippen LogP contribution in [0.4, 0.5) is 0 Å². The Balaban J connectivity index is 2.57. The van der Waals surface area contributed by atoms with Crippen molar-refractivity contribution in [2.75, 3.05) is 0 Å². The van der Waals surface area contributed by atoms with Gasteiger partial charge in [0.1, 0.15) is 0 Å². The molecule has 1 aromatic rings. The predicted octanol–water partition coefficient (Wildman–Crippen LogP) is 1.36. The third-order valence-corrected chi connectivity index (χ3v) is 2.47. The first-order valence-electron chi connectivity index (χ1n) is 4.23. The Morgan fingerprint density at radius 1 is 1.46 bits per heavy atom. The maximum Gasteiger partial charge on any atom is 0.335 e. The summed E-state index contributed by atoms with van der Waals surface area (Å²) < 4.78 is 0. The zero-order chi connectivity index (χ0) is 9.42. The van der Waals surface area contributed by atoms with Gasteiger partial charge in [0.05, 0.1) is 11.7 Å². The van der Waals surface area contributed by atoms with E-state index in [0.717, 1.165) is 11.1 Å². The number of rotatable bonds is 1. The minimum absolute atomic E-state index is 0.328. The summed E-state index contributed by atoms with van der Waals surface area (Å²) in [5, 5.41) is 18.3.